The van der Waals surface area contributed by atoms with Crippen LogP contribution in [0.25, 0.3) is 0 Å². The lowest BCUT2D eigenvalue weighted by molar-refractivity contribution is -0.128. The topological polar surface area (TPSA) is 86.7 Å². The first-order chi connectivity index (χ1) is 12.8. The molecule has 2 amide bonds. The molecule has 1 aliphatic rings. The van der Waals surface area contributed by atoms with Gasteiger partial charge in [-0.3, -0.25) is 9.59 Å². The molecule has 140 valence electrons. The fourth-order valence-electron chi connectivity index (χ4n) is 3.36. The van der Waals surface area contributed by atoms with Crippen LogP contribution < -0.4 is 5.32 Å². The summed E-state index contributed by atoms with van der Waals surface area (Å²) in [5.74, 6) is -1.80. The van der Waals surface area contributed by atoms with Crippen molar-refractivity contribution < 1.29 is 19.5 Å². The van der Waals surface area contributed by atoms with Crippen LogP contribution in [0.3, 0.4) is 0 Å². The SMILES string of the molecule is Cc1cc(C)c(C(=O)O)cc1NC(=O)C1CC(=O)N(Cc2ccccc2)C1. The minimum Gasteiger partial charge on any atom is -0.478 e. The summed E-state index contributed by atoms with van der Waals surface area (Å²) in [7, 11) is 0. The highest BCUT2D eigenvalue weighted by atomic mass is 16.4. The average molecular weight is 366 g/mol. The fourth-order valence-corrected chi connectivity index (χ4v) is 3.36. The summed E-state index contributed by atoms with van der Waals surface area (Å²) in [6.07, 6.45) is 0.162. The summed E-state index contributed by atoms with van der Waals surface area (Å²) in [6.45, 7) is 4.38. The molecule has 0 aromatic heterocycles. The Morgan fingerprint density at radius 2 is 1.85 bits per heavy atom. The number of rotatable bonds is 5. The van der Waals surface area contributed by atoms with Crippen LogP contribution >= 0.6 is 0 Å². The van der Waals surface area contributed by atoms with Gasteiger partial charge in [0.15, 0.2) is 0 Å². The molecule has 0 aliphatic carbocycles. The summed E-state index contributed by atoms with van der Waals surface area (Å²) in [4.78, 5) is 37.9. The number of hydrogen-bond donors (Lipinski definition) is 2. The van der Waals surface area contributed by atoms with Crippen molar-refractivity contribution in [3.8, 4) is 0 Å². The summed E-state index contributed by atoms with van der Waals surface area (Å²) in [6, 6.07) is 12.9. The fraction of sp³-hybridized carbons (Fsp3) is 0.286. The number of benzene rings is 2. The van der Waals surface area contributed by atoms with E-state index in [-0.39, 0.29) is 23.8 Å². The Morgan fingerprint density at radius 3 is 2.52 bits per heavy atom. The molecular formula is C21H22N2O4. The van der Waals surface area contributed by atoms with Crippen LogP contribution in [0.15, 0.2) is 42.5 Å². The quantitative estimate of drug-likeness (QED) is 0.852. The summed E-state index contributed by atoms with van der Waals surface area (Å²) < 4.78 is 0. The zero-order chi connectivity index (χ0) is 19.6. The number of aryl methyl sites for hydroxylation is 2. The molecule has 1 fully saturated rings. The third-order valence-corrected chi connectivity index (χ3v) is 4.86. The van der Waals surface area contributed by atoms with Gasteiger partial charge in [0.2, 0.25) is 11.8 Å². The van der Waals surface area contributed by atoms with Gasteiger partial charge in [0.25, 0.3) is 0 Å². The molecule has 6 heteroatoms. The minimum atomic E-state index is -1.03. The van der Waals surface area contributed by atoms with Gasteiger partial charge in [-0.1, -0.05) is 36.4 Å². The molecule has 1 saturated heterocycles. The maximum atomic E-state index is 12.6. The van der Waals surface area contributed by atoms with E-state index in [2.05, 4.69) is 5.32 Å². The summed E-state index contributed by atoms with van der Waals surface area (Å²) >= 11 is 0. The Balaban J connectivity index is 1.69. The third-order valence-electron chi connectivity index (χ3n) is 4.86. The maximum absolute atomic E-state index is 12.6. The number of nitrogens with zero attached hydrogens (tertiary/aromatic N) is 1. The molecule has 0 spiro atoms. The highest BCUT2D eigenvalue weighted by Gasteiger charge is 2.34. The molecule has 1 aliphatic heterocycles. The number of carboxylic acids is 1. The standard InChI is InChI=1S/C21H22N2O4/c1-13-8-14(2)18(10-17(13)21(26)27)22-20(25)16-9-19(24)23(12-16)11-15-6-4-3-5-7-15/h3-8,10,16H,9,11-12H2,1-2H3,(H,22,25)(H,26,27). The number of carboxylic acid groups (broad SMARTS) is 1. The van der Waals surface area contributed by atoms with Crippen molar-refractivity contribution in [3.63, 3.8) is 0 Å². The largest absolute Gasteiger partial charge is 0.478 e. The Morgan fingerprint density at radius 1 is 1.15 bits per heavy atom. The molecule has 0 bridgehead atoms. The second kappa shape index (κ2) is 7.61. The lowest BCUT2D eigenvalue weighted by Crippen LogP contribution is -2.28. The van der Waals surface area contributed by atoms with E-state index in [1.165, 1.54) is 6.07 Å². The van der Waals surface area contributed by atoms with E-state index in [9.17, 15) is 19.5 Å². The van der Waals surface area contributed by atoms with E-state index in [1.807, 2.05) is 37.3 Å². The first-order valence-corrected chi connectivity index (χ1v) is 8.82. The van der Waals surface area contributed by atoms with Gasteiger partial charge in [0, 0.05) is 25.2 Å². The first-order valence-electron chi connectivity index (χ1n) is 8.82. The molecule has 2 aromatic carbocycles. The molecule has 27 heavy (non-hydrogen) atoms. The monoisotopic (exact) mass is 366 g/mol. The van der Waals surface area contributed by atoms with E-state index in [4.69, 9.17) is 0 Å². The lowest BCUT2D eigenvalue weighted by atomic mass is 10.0. The molecule has 2 aromatic rings. The van der Waals surface area contributed by atoms with Crippen molar-refractivity contribution in [3.05, 3.63) is 64.7 Å². The predicted molar refractivity (Wildman–Crippen MR) is 101 cm³/mol. The smallest absolute Gasteiger partial charge is 0.336 e. The number of hydrogen-bond acceptors (Lipinski definition) is 3. The van der Waals surface area contributed by atoms with Gasteiger partial charge in [0.1, 0.15) is 0 Å². The zero-order valence-corrected chi connectivity index (χ0v) is 15.4. The summed E-state index contributed by atoms with van der Waals surface area (Å²) in [5, 5.41) is 12.1. The van der Waals surface area contributed by atoms with E-state index in [0.717, 1.165) is 11.1 Å². The van der Waals surface area contributed by atoms with Crippen molar-refractivity contribution in [2.45, 2.75) is 26.8 Å². The van der Waals surface area contributed by atoms with Crippen LogP contribution in [-0.4, -0.2) is 34.3 Å². The minimum absolute atomic E-state index is 0.0501. The van der Waals surface area contributed by atoms with Gasteiger partial charge >= 0.3 is 5.97 Å². The van der Waals surface area contributed by atoms with Gasteiger partial charge in [-0.25, -0.2) is 4.79 Å². The van der Waals surface area contributed by atoms with Crippen LogP contribution in [0.1, 0.15) is 33.5 Å². The van der Waals surface area contributed by atoms with Crippen LogP contribution in [0.4, 0.5) is 5.69 Å². The Labute approximate surface area is 157 Å². The number of carbonyl (C=O) groups is 3. The second-order valence-electron chi connectivity index (χ2n) is 6.94. The molecule has 6 nitrogen and oxygen atoms in total. The molecule has 1 atom stereocenters. The molecule has 0 saturated carbocycles. The molecule has 1 unspecified atom stereocenters. The number of anilines is 1. The van der Waals surface area contributed by atoms with Crippen LogP contribution in [0.5, 0.6) is 0 Å². The van der Waals surface area contributed by atoms with Crippen molar-refractivity contribution >= 4 is 23.5 Å². The van der Waals surface area contributed by atoms with Crippen LogP contribution in [-0.2, 0) is 16.1 Å². The first kappa shape index (κ1) is 18.6. The predicted octanol–water partition coefficient (Wildman–Crippen LogP) is 2.99. The summed E-state index contributed by atoms with van der Waals surface area (Å²) in [5.41, 5.74) is 3.08. The van der Waals surface area contributed by atoms with E-state index >= 15 is 0 Å². The Hall–Kier alpha value is -3.15. The molecule has 0 radical (unpaired) electrons. The van der Waals surface area contributed by atoms with Gasteiger partial charge in [-0.2, -0.15) is 0 Å². The number of aromatic carboxylic acids is 1. The molecule has 3 rings (SSSR count). The number of amides is 2. The maximum Gasteiger partial charge on any atom is 0.336 e. The highest BCUT2D eigenvalue weighted by Crippen LogP contribution is 2.25. The lowest BCUT2D eigenvalue weighted by Gasteiger charge is -2.17. The van der Waals surface area contributed by atoms with Crippen LogP contribution in [0, 0.1) is 19.8 Å². The molecule has 1 heterocycles. The van der Waals surface area contributed by atoms with Crippen LogP contribution in [0.2, 0.25) is 0 Å². The third kappa shape index (κ3) is 4.16. The molecular weight excluding hydrogens is 344 g/mol. The van der Waals surface area contributed by atoms with E-state index < -0.39 is 11.9 Å². The Bertz CT molecular complexity index is 893. The number of carbonyl (C=O) groups excluding carboxylic acids is 2. The molecule has 2 N–H and O–H groups in total. The van der Waals surface area contributed by atoms with Crippen molar-refractivity contribution in [1.82, 2.24) is 4.90 Å². The van der Waals surface area contributed by atoms with Gasteiger partial charge in [-0.05, 0) is 36.6 Å². The highest BCUT2D eigenvalue weighted by molar-refractivity contribution is 5.99. The van der Waals surface area contributed by atoms with Crippen molar-refractivity contribution in [2.24, 2.45) is 5.92 Å². The van der Waals surface area contributed by atoms with Gasteiger partial charge in [-0.15, -0.1) is 0 Å². The normalized spacial score (nSPS) is 16.4. The van der Waals surface area contributed by atoms with Gasteiger partial charge in [0.05, 0.1) is 11.5 Å². The Kier molecular flexibility index (Phi) is 5.26. The number of likely N-dealkylation sites (tertiary alicyclic amines) is 1. The number of nitrogens with one attached hydrogen (secondary N) is 1. The second-order valence-corrected chi connectivity index (χ2v) is 6.94. The van der Waals surface area contributed by atoms with Crippen molar-refractivity contribution in [1.29, 1.82) is 0 Å². The van der Waals surface area contributed by atoms with E-state index in [0.29, 0.717) is 24.3 Å². The van der Waals surface area contributed by atoms with Gasteiger partial charge < -0.3 is 15.3 Å². The average Bonchev–Trinajstić information content (AvgIpc) is 2.98. The zero-order valence-electron chi connectivity index (χ0n) is 15.4. The van der Waals surface area contributed by atoms with E-state index in [1.54, 1.807) is 17.9 Å². The van der Waals surface area contributed by atoms with Crippen molar-refractivity contribution in [2.75, 3.05) is 11.9 Å².